The molecule has 0 atom stereocenters. The van der Waals surface area contributed by atoms with Crippen LogP contribution in [0.4, 0.5) is 10.6 Å². The van der Waals surface area contributed by atoms with E-state index < -0.39 is 16.1 Å². The van der Waals surface area contributed by atoms with Crippen molar-refractivity contribution >= 4 is 21.9 Å². The second kappa shape index (κ2) is 5.40. The van der Waals surface area contributed by atoms with Crippen molar-refractivity contribution in [2.45, 2.75) is 4.90 Å². The molecule has 0 aliphatic rings. The van der Waals surface area contributed by atoms with Crippen LogP contribution in [0, 0.1) is 0 Å². The predicted octanol–water partition coefficient (Wildman–Crippen LogP) is 0.382. The molecule has 0 saturated heterocycles. The largest absolute Gasteiger partial charge is 0.334 e. The van der Waals surface area contributed by atoms with Crippen molar-refractivity contribution < 1.29 is 13.2 Å². The van der Waals surface area contributed by atoms with E-state index in [1.165, 1.54) is 24.4 Å². The Morgan fingerprint density at radius 1 is 1.11 bits per heavy atom. The van der Waals surface area contributed by atoms with Gasteiger partial charge in [-0.05, 0) is 17.3 Å². The molecule has 0 fully saturated rings. The second-order valence-corrected chi connectivity index (χ2v) is 5.06. The molecule has 0 spiro atoms. The molecular formula is C10H9N5O3S. The molecule has 0 unspecified atom stereocenters. The first-order valence-corrected chi connectivity index (χ1v) is 6.59. The Balaban J connectivity index is 2.07. The minimum Gasteiger partial charge on any atom is -0.290 e. The molecule has 98 valence electrons. The molecule has 2 amide bonds. The summed E-state index contributed by atoms with van der Waals surface area (Å²) in [5, 5.41) is 12.4. The molecule has 0 radical (unpaired) electrons. The van der Waals surface area contributed by atoms with Crippen LogP contribution in [0.1, 0.15) is 0 Å². The topological polar surface area (TPSA) is 114 Å². The van der Waals surface area contributed by atoms with Crippen molar-refractivity contribution in [1.82, 2.24) is 20.1 Å². The summed E-state index contributed by atoms with van der Waals surface area (Å²) in [4.78, 5) is 11.5. The normalized spacial score (nSPS) is 10.7. The van der Waals surface area contributed by atoms with Crippen LogP contribution in [0.2, 0.25) is 0 Å². The lowest BCUT2D eigenvalue weighted by molar-refractivity contribution is 0.256. The van der Waals surface area contributed by atoms with Gasteiger partial charge in [0.15, 0.2) is 5.82 Å². The lowest BCUT2D eigenvalue weighted by Crippen LogP contribution is -2.34. The zero-order valence-electron chi connectivity index (χ0n) is 9.52. The van der Waals surface area contributed by atoms with Crippen molar-refractivity contribution in [3.05, 3.63) is 42.6 Å². The van der Waals surface area contributed by atoms with Crippen molar-refractivity contribution in [3.8, 4) is 0 Å². The highest BCUT2D eigenvalue weighted by molar-refractivity contribution is 7.90. The lowest BCUT2D eigenvalue weighted by atomic mass is 10.4. The van der Waals surface area contributed by atoms with Crippen LogP contribution in [0.3, 0.4) is 0 Å². The van der Waals surface area contributed by atoms with Gasteiger partial charge < -0.3 is 0 Å². The summed E-state index contributed by atoms with van der Waals surface area (Å²) in [6.45, 7) is 0. The van der Waals surface area contributed by atoms with Crippen molar-refractivity contribution in [2.24, 2.45) is 0 Å². The van der Waals surface area contributed by atoms with Gasteiger partial charge in [-0.25, -0.2) is 17.9 Å². The molecule has 2 N–H and O–H groups in total. The zero-order chi connectivity index (χ0) is 13.7. The van der Waals surface area contributed by atoms with Crippen LogP contribution >= 0.6 is 0 Å². The summed E-state index contributed by atoms with van der Waals surface area (Å²) < 4.78 is 25.5. The fraction of sp³-hybridized carbons (Fsp3) is 0. The van der Waals surface area contributed by atoms with E-state index in [9.17, 15) is 13.2 Å². The van der Waals surface area contributed by atoms with Gasteiger partial charge in [-0.15, -0.1) is 10.2 Å². The van der Waals surface area contributed by atoms with Crippen LogP contribution < -0.4 is 10.0 Å². The summed E-state index contributed by atoms with van der Waals surface area (Å²) >= 11 is 0. The third-order valence-corrected chi connectivity index (χ3v) is 3.37. The van der Waals surface area contributed by atoms with Crippen molar-refractivity contribution in [3.63, 3.8) is 0 Å². The van der Waals surface area contributed by atoms with Gasteiger partial charge in [0, 0.05) is 6.07 Å². The number of sulfonamides is 1. The zero-order valence-corrected chi connectivity index (χ0v) is 10.3. The molecule has 2 aromatic rings. The van der Waals surface area contributed by atoms with Gasteiger partial charge in [-0.1, -0.05) is 18.2 Å². The van der Waals surface area contributed by atoms with Gasteiger partial charge in [-0.2, -0.15) is 0 Å². The highest BCUT2D eigenvalue weighted by Crippen LogP contribution is 2.07. The highest BCUT2D eigenvalue weighted by atomic mass is 32.2. The van der Waals surface area contributed by atoms with Gasteiger partial charge >= 0.3 is 6.03 Å². The Bertz CT molecular complexity index is 660. The minimum atomic E-state index is -3.91. The fourth-order valence-corrected chi connectivity index (χ4v) is 2.16. The van der Waals surface area contributed by atoms with Gasteiger partial charge in [0.05, 0.1) is 11.1 Å². The molecule has 9 heteroatoms. The number of benzene rings is 1. The quantitative estimate of drug-likeness (QED) is 0.839. The Kier molecular flexibility index (Phi) is 3.66. The first-order valence-electron chi connectivity index (χ1n) is 5.11. The molecule has 0 aliphatic heterocycles. The lowest BCUT2D eigenvalue weighted by Gasteiger charge is -2.07. The number of amides is 2. The molecule has 2 rings (SSSR count). The maximum absolute atomic E-state index is 11.8. The predicted molar refractivity (Wildman–Crippen MR) is 65.6 cm³/mol. The van der Waals surface area contributed by atoms with Gasteiger partial charge in [0.25, 0.3) is 10.0 Å². The third-order valence-electron chi connectivity index (χ3n) is 2.03. The molecule has 19 heavy (non-hydrogen) atoms. The number of anilines is 1. The Labute approximate surface area is 108 Å². The number of nitrogens with one attached hydrogen (secondary N) is 2. The van der Waals surface area contributed by atoms with E-state index in [2.05, 4.69) is 20.7 Å². The minimum absolute atomic E-state index is 0.00837. The van der Waals surface area contributed by atoms with Crippen LogP contribution in [0.15, 0.2) is 47.5 Å². The number of hydrogen-bond acceptors (Lipinski definition) is 6. The van der Waals surface area contributed by atoms with Gasteiger partial charge in [-0.3, -0.25) is 5.32 Å². The molecule has 0 saturated carbocycles. The van der Waals surface area contributed by atoms with Crippen LogP contribution in [-0.4, -0.2) is 29.9 Å². The first-order chi connectivity index (χ1) is 9.08. The summed E-state index contributed by atoms with van der Waals surface area (Å²) in [5.74, 6) is 0.0933. The molecule has 1 aromatic heterocycles. The molecule has 1 aromatic carbocycles. The molecule has 1 heterocycles. The number of aromatic nitrogens is 3. The third kappa shape index (κ3) is 3.45. The number of rotatable bonds is 3. The molecule has 0 bridgehead atoms. The van der Waals surface area contributed by atoms with E-state index in [0.717, 1.165) is 0 Å². The monoisotopic (exact) mass is 279 g/mol. The molecule has 8 nitrogen and oxygen atoms in total. The Hall–Kier alpha value is -2.55. The average Bonchev–Trinajstić information content (AvgIpc) is 2.40. The van der Waals surface area contributed by atoms with Crippen molar-refractivity contribution in [2.75, 3.05) is 5.32 Å². The summed E-state index contributed by atoms with van der Waals surface area (Å²) in [6, 6.07) is 7.99. The molecule has 0 aliphatic carbocycles. The van der Waals surface area contributed by atoms with E-state index >= 15 is 0 Å². The van der Waals surface area contributed by atoms with E-state index in [1.54, 1.807) is 18.2 Å². The van der Waals surface area contributed by atoms with E-state index in [1.807, 2.05) is 4.72 Å². The van der Waals surface area contributed by atoms with Crippen LogP contribution in [-0.2, 0) is 10.0 Å². The van der Waals surface area contributed by atoms with Crippen LogP contribution in [0.5, 0.6) is 0 Å². The summed E-state index contributed by atoms with van der Waals surface area (Å²) in [7, 11) is -3.91. The van der Waals surface area contributed by atoms with Gasteiger partial charge in [0.2, 0.25) is 0 Å². The SMILES string of the molecule is O=C(Nc1ccnnn1)NS(=O)(=O)c1ccccc1. The average molecular weight is 279 g/mol. The number of carbonyl (C=O) groups excluding carboxylic acids is 1. The summed E-state index contributed by atoms with van der Waals surface area (Å²) in [6.07, 6.45) is 1.31. The van der Waals surface area contributed by atoms with Gasteiger partial charge in [0.1, 0.15) is 0 Å². The smallest absolute Gasteiger partial charge is 0.290 e. The van der Waals surface area contributed by atoms with Crippen LogP contribution in [0.25, 0.3) is 0 Å². The second-order valence-electron chi connectivity index (χ2n) is 3.38. The van der Waals surface area contributed by atoms with Crippen molar-refractivity contribution in [1.29, 1.82) is 0 Å². The maximum Gasteiger partial charge on any atom is 0.334 e. The fourth-order valence-electron chi connectivity index (χ4n) is 1.23. The summed E-state index contributed by atoms with van der Waals surface area (Å²) in [5.41, 5.74) is 0. The maximum atomic E-state index is 11.8. The number of carbonyl (C=O) groups is 1. The first kappa shape index (κ1) is 12.9. The van der Waals surface area contributed by atoms with E-state index in [4.69, 9.17) is 0 Å². The standard InChI is InChI=1S/C10H9N5O3S/c16-10(12-9-6-7-11-15-13-9)14-19(17,18)8-4-2-1-3-5-8/h1-7H,(H2,11,12,13,14,16). The number of urea groups is 1. The number of hydrogen-bond donors (Lipinski definition) is 2. The number of nitrogens with zero attached hydrogens (tertiary/aromatic N) is 3. The Morgan fingerprint density at radius 3 is 2.47 bits per heavy atom. The molecular weight excluding hydrogens is 270 g/mol. The van der Waals surface area contributed by atoms with E-state index in [0.29, 0.717) is 0 Å². The Morgan fingerprint density at radius 2 is 1.84 bits per heavy atom. The highest BCUT2D eigenvalue weighted by Gasteiger charge is 2.17. The van der Waals surface area contributed by atoms with E-state index in [-0.39, 0.29) is 10.7 Å².